The smallest absolute Gasteiger partial charge is 0.111 e. The molecule has 0 amide bonds. The molecule has 0 spiro atoms. The van der Waals surface area contributed by atoms with E-state index in [4.69, 9.17) is 5.73 Å². The fourth-order valence-electron chi connectivity index (χ4n) is 1.20. The fraction of sp³-hybridized carbons (Fsp3) is 0.111. The third-order valence-corrected chi connectivity index (χ3v) is 1.83. The second-order valence-corrected chi connectivity index (χ2v) is 2.65. The largest absolute Gasteiger partial charge is 0.347 e. The van der Waals surface area contributed by atoms with Crippen molar-refractivity contribution in [2.24, 2.45) is 5.73 Å². The molecule has 4 nitrogen and oxygen atoms in total. The molecular formula is C9H10N4. The van der Waals surface area contributed by atoms with E-state index in [2.05, 4.69) is 15.0 Å². The lowest BCUT2D eigenvalue weighted by atomic mass is 10.2. The Morgan fingerprint density at radius 3 is 2.92 bits per heavy atom. The average molecular weight is 174 g/mol. The van der Waals surface area contributed by atoms with Gasteiger partial charge in [-0.1, -0.05) is 6.07 Å². The fourth-order valence-corrected chi connectivity index (χ4v) is 1.20. The maximum absolute atomic E-state index is 5.53. The number of aromatic amines is 1. The summed E-state index contributed by atoms with van der Waals surface area (Å²) in [5.74, 6) is 0. The Morgan fingerprint density at radius 2 is 2.23 bits per heavy atom. The second-order valence-electron chi connectivity index (χ2n) is 2.65. The topological polar surface area (TPSA) is 67.6 Å². The van der Waals surface area contributed by atoms with Crippen molar-refractivity contribution in [1.29, 1.82) is 0 Å². The van der Waals surface area contributed by atoms with Crippen molar-refractivity contribution < 1.29 is 0 Å². The molecule has 0 radical (unpaired) electrons. The molecule has 0 aliphatic heterocycles. The molecule has 0 aliphatic carbocycles. The zero-order chi connectivity index (χ0) is 9.10. The summed E-state index contributed by atoms with van der Waals surface area (Å²) in [6, 6.07) is 5.71. The number of nitrogens with two attached hydrogens (primary N) is 1. The van der Waals surface area contributed by atoms with Gasteiger partial charge in [0.15, 0.2) is 0 Å². The van der Waals surface area contributed by atoms with Crippen LogP contribution in [0.1, 0.15) is 5.69 Å². The van der Waals surface area contributed by atoms with Crippen molar-refractivity contribution in [1.82, 2.24) is 15.0 Å². The number of imidazole rings is 1. The van der Waals surface area contributed by atoms with Crippen LogP contribution in [-0.4, -0.2) is 15.0 Å². The molecule has 2 aromatic heterocycles. The Labute approximate surface area is 75.8 Å². The number of rotatable bonds is 2. The molecule has 66 valence electrons. The molecule has 0 aromatic carbocycles. The zero-order valence-electron chi connectivity index (χ0n) is 7.07. The van der Waals surface area contributed by atoms with Gasteiger partial charge in [-0.05, 0) is 12.1 Å². The van der Waals surface area contributed by atoms with Gasteiger partial charge in [0.25, 0.3) is 0 Å². The average Bonchev–Trinajstić information content (AvgIpc) is 2.67. The van der Waals surface area contributed by atoms with Crippen LogP contribution >= 0.6 is 0 Å². The van der Waals surface area contributed by atoms with E-state index in [1.807, 2.05) is 18.2 Å². The van der Waals surface area contributed by atoms with E-state index in [0.717, 1.165) is 17.1 Å². The molecule has 0 atom stereocenters. The van der Waals surface area contributed by atoms with Crippen LogP contribution in [-0.2, 0) is 6.54 Å². The summed E-state index contributed by atoms with van der Waals surface area (Å²) in [4.78, 5) is 11.3. The van der Waals surface area contributed by atoms with E-state index in [9.17, 15) is 0 Å². The third-order valence-electron chi connectivity index (χ3n) is 1.83. The molecule has 2 heterocycles. The minimum atomic E-state index is 0.450. The highest BCUT2D eigenvalue weighted by atomic mass is 14.9. The predicted octanol–water partition coefficient (Wildman–Crippen LogP) is 0.930. The lowest BCUT2D eigenvalue weighted by Crippen LogP contribution is -1.99. The number of H-pyrrole nitrogens is 1. The number of hydrogen-bond acceptors (Lipinski definition) is 3. The van der Waals surface area contributed by atoms with Gasteiger partial charge in [0.2, 0.25) is 0 Å². The van der Waals surface area contributed by atoms with Crippen molar-refractivity contribution in [2.45, 2.75) is 6.54 Å². The monoisotopic (exact) mass is 174 g/mol. The van der Waals surface area contributed by atoms with Crippen molar-refractivity contribution >= 4 is 0 Å². The first-order chi connectivity index (χ1) is 6.42. The number of nitrogens with one attached hydrogen (secondary N) is 1. The highest BCUT2D eigenvalue weighted by Gasteiger charge is 2.06. The molecule has 3 N–H and O–H groups in total. The van der Waals surface area contributed by atoms with Gasteiger partial charge in [-0.25, -0.2) is 4.98 Å². The molecule has 13 heavy (non-hydrogen) atoms. The summed E-state index contributed by atoms with van der Waals surface area (Å²) in [5.41, 5.74) is 8.14. The van der Waals surface area contributed by atoms with Crippen LogP contribution in [0.5, 0.6) is 0 Å². The second kappa shape index (κ2) is 3.37. The van der Waals surface area contributed by atoms with Crippen LogP contribution in [0.25, 0.3) is 11.4 Å². The Morgan fingerprint density at radius 1 is 1.31 bits per heavy atom. The van der Waals surface area contributed by atoms with Crippen LogP contribution in [0.2, 0.25) is 0 Å². The van der Waals surface area contributed by atoms with Gasteiger partial charge in [-0.15, -0.1) is 0 Å². The first-order valence-corrected chi connectivity index (χ1v) is 4.05. The Bertz CT molecular complexity index is 380. The van der Waals surface area contributed by atoms with E-state index in [-0.39, 0.29) is 0 Å². The molecule has 0 saturated carbocycles. The Hall–Kier alpha value is -1.68. The zero-order valence-corrected chi connectivity index (χ0v) is 7.07. The van der Waals surface area contributed by atoms with Gasteiger partial charge >= 0.3 is 0 Å². The normalized spacial score (nSPS) is 10.2. The van der Waals surface area contributed by atoms with Crippen LogP contribution in [0.4, 0.5) is 0 Å². The van der Waals surface area contributed by atoms with Crippen LogP contribution in [0.15, 0.2) is 30.7 Å². The summed E-state index contributed by atoms with van der Waals surface area (Å²) in [6.07, 6.45) is 3.37. The summed E-state index contributed by atoms with van der Waals surface area (Å²) in [7, 11) is 0. The summed E-state index contributed by atoms with van der Waals surface area (Å²) >= 11 is 0. The van der Waals surface area contributed by atoms with Crippen LogP contribution in [0, 0.1) is 0 Å². The Balaban J connectivity index is 2.47. The number of nitrogens with zero attached hydrogens (tertiary/aromatic N) is 2. The number of aromatic nitrogens is 3. The predicted molar refractivity (Wildman–Crippen MR) is 49.7 cm³/mol. The maximum Gasteiger partial charge on any atom is 0.111 e. The quantitative estimate of drug-likeness (QED) is 0.711. The van der Waals surface area contributed by atoms with E-state index >= 15 is 0 Å². The lowest BCUT2D eigenvalue weighted by molar-refractivity contribution is 1.01. The molecule has 0 fully saturated rings. The minimum absolute atomic E-state index is 0.450. The molecule has 2 rings (SSSR count). The standard InChI is InChI=1S/C9H10N4/c10-5-8-9(13-6-12-8)7-3-1-2-4-11-7/h1-4,6H,5,10H2,(H,12,13). The van der Waals surface area contributed by atoms with Crippen LogP contribution in [0.3, 0.4) is 0 Å². The molecular weight excluding hydrogens is 164 g/mol. The maximum atomic E-state index is 5.53. The SMILES string of the molecule is NCc1[nH]cnc1-c1ccccn1. The third kappa shape index (κ3) is 1.43. The molecule has 4 heteroatoms. The van der Waals surface area contributed by atoms with Crippen molar-refractivity contribution in [2.75, 3.05) is 0 Å². The van der Waals surface area contributed by atoms with Gasteiger partial charge in [0, 0.05) is 12.7 Å². The molecule has 0 bridgehead atoms. The first-order valence-electron chi connectivity index (χ1n) is 4.05. The van der Waals surface area contributed by atoms with Gasteiger partial charge in [-0.2, -0.15) is 0 Å². The van der Waals surface area contributed by atoms with Crippen molar-refractivity contribution in [3.05, 3.63) is 36.4 Å². The first kappa shape index (κ1) is 7.94. The van der Waals surface area contributed by atoms with Crippen LogP contribution < -0.4 is 5.73 Å². The van der Waals surface area contributed by atoms with E-state index in [1.54, 1.807) is 12.5 Å². The summed E-state index contributed by atoms with van der Waals surface area (Å²) < 4.78 is 0. The highest BCUT2D eigenvalue weighted by Crippen LogP contribution is 2.16. The number of pyridine rings is 1. The minimum Gasteiger partial charge on any atom is -0.347 e. The van der Waals surface area contributed by atoms with Gasteiger partial charge in [0.05, 0.1) is 17.7 Å². The molecule has 0 saturated heterocycles. The van der Waals surface area contributed by atoms with E-state index in [1.165, 1.54) is 0 Å². The highest BCUT2D eigenvalue weighted by molar-refractivity contribution is 5.56. The summed E-state index contributed by atoms with van der Waals surface area (Å²) in [6.45, 7) is 0.450. The lowest BCUT2D eigenvalue weighted by Gasteiger charge is -1.97. The summed E-state index contributed by atoms with van der Waals surface area (Å²) in [5, 5.41) is 0. The molecule has 0 unspecified atom stereocenters. The number of hydrogen-bond donors (Lipinski definition) is 2. The molecule has 2 aromatic rings. The Kier molecular flexibility index (Phi) is 2.06. The van der Waals surface area contributed by atoms with Crippen molar-refractivity contribution in [3.8, 4) is 11.4 Å². The van der Waals surface area contributed by atoms with E-state index in [0.29, 0.717) is 6.54 Å². The van der Waals surface area contributed by atoms with Gasteiger partial charge < -0.3 is 10.7 Å². The van der Waals surface area contributed by atoms with Gasteiger partial charge in [-0.3, -0.25) is 4.98 Å². The van der Waals surface area contributed by atoms with Crippen molar-refractivity contribution in [3.63, 3.8) is 0 Å². The molecule has 0 aliphatic rings. The van der Waals surface area contributed by atoms with E-state index < -0.39 is 0 Å². The van der Waals surface area contributed by atoms with Gasteiger partial charge in [0.1, 0.15) is 5.69 Å².